The van der Waals surface area contributed by atoms with Crippen molar-refractivity contribution in [1.82, 2.24) is 9.99 Å². The van der Waals surface area contributed by atoms with Crippen molar-refractivity contribution in [3.8, 4) is 22.9 Å². The molecule has 0 saturated carbocycles. The van der Waals surface area contributed by atoms with Crippen LogP contribution in [0.25, 0.3) is 5.69 Å². The second kappa shape index (κ2) is 12.7. The van der Waals surface area contributed by atoms with Gasteiger partial charge in [-0.05, 0) is 93.1 Å². The Labute approximate surface area is 232 Å². The minimum absolute atomic E-state index is 0.0998. The number of amides is 1. The number of benzene rings is 2. The number of hydrogen-bond acceptors (Lipinski definition) is 8. The van der Waals surface area contributed by atoms with Crippen LogP contribution in [0.15, 0.2) is 76.2 Å². The normalized spacial score (nSPS) is 11.7. The Bertz CT molecular complexity index is 1480. The summed E-state index contributed by atoms with van der Waals surface area (Å²) in [4.78, 5) is 24.1. The van der Waals surface area contributed by atoms with Crippen LogP contribution in [0.2, 0.25) is 0 Å². The quantitative estimate of drug-likeness (QED) is 0.161. The van der Waals surface area contributed by atoms with Crippen molar-refractivity contribution < 1.29 is 33.0 Å². The SMILES string of the molecule is COC(=O)[C@H](C)Oc1ccc(/C=N/NC(=O)c2ccc(COc3ccc(-n4c(C)ccc4C)cc3)o2)cc1OC. The van der Waals surface area contributed by atoms with Gasteiger partial charge in [-0.2, -0.15) is 5.10 Å². The van der Waals surface area contributed by atoms with E-state index in [1.165, 1.54) is 20.4 Å². The Hall–Kier alpha value is -4.99. The summed E-state index contributed by atoms with van der Waals surface area (Å²) in [5.74, 6) is 1.03. The second-order valence-corrected chi connectivity index (χ2v) is 8.89. The Morgan fingerprint density at radius 3 is 2.38 bits per heavy atom. The van der Waals surface area contributed by atoms with Crippen LogP contribution in [0.1, 0.15) is 40.2 Å². The van der Waals surface area contributed by atoms with Crippen LogP contribution in [0.3, 0.4) is 0 Å². The average molecular weight is 546 g/mol. The van der Waals surface area contributed by atoms with Crippen molar-refractivity contribution in [2.75, 3.05) is 14.2 Å². The number of hydrazone groups is 1. The van der Waals surface area contributed by atoms with Crippen LogP contribution in [0, 0.1) is 13.8 Å². The van der Waals surface area contributed by atoms with Crippen LogP contribution in [-0.4, -0.2) is 43.0 Å². The molecule has 40 heavy (non-hydrogen) atoms. The van der Waals surface area contributed by atoms with Crippen molar-refractivity contribution in [2.24, 2.45) is 5.10 Å². The largest absolute Gasteiger partial charge is 0.493 e. The highest BCUT2D eigenvalue weighted by atomic mass is 16.6. The van der Waals surface area contributed by atoms with Crippen molar-refractivity contribution in [3.05, 3.63) is 95.2 Å². The maximum atomic E-state index is 12.5. The number of hydrogen-bond donors (Lipinski definition) is 1. The number of methoxy groups -OCH3 is 2. The molecule has 2 aromatic heterocycles. The first-order valence-electron chi connectivity index (χ1n) is 12.5. The number of aromatic nitrogens is 1. The third-order valence-electron chi connectivity index (χ3n) is 6.04. The summed E-state index contributed by atoms with van der Waals surface area (Å²) >= 11 is 0. The number of carbonyl (C=O) groups excluding carboxylic acids is 2. The van der Waals surface area contributed by atoms with E-state index in [4.69, 9.17) is 18.6 Å². The zero-order valence-corrected chi connectivity index (χ0v) is 23.0. The summed E-state index contributed by atoms with van der Waals surface area (Å²) in [5, 5.41) is 3.98. The van der Waals surface area contributed by atoms with Gasteiger partial charge in [0.05, 0.1) is 20.4 Å². The zero-order valence-electron chi connectivity index (χ0n) is 23.0. The van der Waals surface area contributed by atoms with Gasteiger partial charge >= 0.3 is 11.9 Å². The van der Waals surface area contributed by atoms with Gasteiger partial charge in [-0.1, -0.05) is 0 Å². The van der Waals surface area contributed by atoms with Crippen LogP contribution in [0.5, 0.6) is 17.2 Å². The van der Waals surface area contributed by atoms with E-state index in [0.717, 1.165) is 17.1 Å². The van der Waals surface area contributed by atoms with Crippen LogP contribution in [0.4, 0.5) is 0 Å². The van der Waals surface area contributed by atoms with E-state index in [9.17, 15) is 9.59 Å². The molecule has 0 aliphatic heterocycles. The summed E-state index contributed by atoms with van der Waals surface area (Å²) in [6.07, 6.45) is 0.645. The molecule has 2 heterocycles. The molecule has 0 spiro atoms. The maximum Gasteiger partial charge on any atom is 0.346 e. The van der Waals surface area contributed by atoms with Gasteiger partial charge in [-0.15, -0.1) is 0 Å². The summed E-state index contributed by atoms with van der Waals surface area (Å²) < 4.78 is 29.2. The predicted octanol–water partition coefficient (Wildman–Crippen LogP) is 4.98. The average Bonchev–Trinajstić information content (AvgIpc) is 3.58. The van der Waals surface area contributed by atoms with E-state index >= 15 is 0 Å². The molecule has 10 heteroatoms. The Morgan fingerprint density at radius 1 is 0.975 bits per heavy atom. The van der Waals surface area contributed by atoms with Gasteiger partial charge in [0.1, 0.15) is 18.1 Å². The highest BCUT2D eigenvalue weighted by molar-refractivity contribution is 5.92. The van der Waals surface area contributed by atoms with Crippen LogP contribution >= 0.6 is 0 Å². The molecule has 2 aromatic carbocycles. The van der Waals surface area contributed by atoms with Crippen molar-refractivity contribution >= 4 is 18.1 Å². The van der Waals surface area contributed by atoms with Crippen LogP contribution in [-0.2, 0) is 16.1 Å². The van der Waals surface area contributed by atoms with Gasteiger partial charge in [0.2, 0.25) is 0 Å². The number of esters is 1. The molecule has 0 fully saturated rings. The number of aryl methyl sites for hydroxylation is 2. The topological polar surface area (TPSA) is 114 Å². The molecule has 0 radical (unpaired) electrons. The molecule has 1 N–H and O–H groups in total. The fraction of sp³-hybridized carbons (Fsp3) is 0.233. The summed E-state index contributed by atoms with van der Waals surface area (Å²) in [5.41, 5.74) is 6.44. The first kappa shape index (κ1) is 28.0. The monoisotopic (exact) mass is 545 g/mol. The molecule has 0 aliphatic carbocycles. The number of rotatable bonds is 11. The molecule has 0 unspecified atom stereocenters. The molecule has 208 valence electrons. The predicted molar refractivity (Wildman–Crippen MR) is 148 cm³/mol. The number of nitrogens with one attached hydrogen (secondary N) is 1. The molecule has 0 bridgehead atoms. The highest BCUT2D eigenvalue weighted by Gasteiger charge is 2.17. The maximum absolute atomic E-state index is 12.5. The molecule has 1 atom stereocenters. The number of furan rings is 1. The van der Waals surface area contributed by atoms with Crippen molar-refractivity contribution in [2.45, 2.75) is 33.5 Å². The van der Waals surface area contributed by atoms with E-state index in [0.29, 0.717) is 28.6 Å². The van der Waals surface area contributed by atoms with Crippen molar-refractivity contribution in [3.63, 3.8) is 0 Å². The van der Waals surface area contributed by atoms with Gasteiger partial charge in [0.25, 0.3) is 0 Å². The number of nitrogens with zero attached hydrogens (tertiary/aromatic N) is 2. The summed E-state index contributed by atoms with van der Waals surface area (Å²) in [7, 11) is 2.77. The summed E-state index contributed by atoms with van der Waals surface area (Å²) in [6.45, 7) is 5.87. The molecule has 4 rings (SSSR count). The lowest BCUT2D eigenvalue weighted by Crippen LogP contribution is -2.25. The Balaban J connectivity index is 1.30. The lowest BCUT2D eigenvalue weighted by atomic mass is 10.2. The van der Waals surface area contributed by atoms with E-state index in [1.807, 2.05) is 24.3 Å². The third kappa shape index (κ3) is 6.71. The van der Waals surface area contributed by atoms with Crippen molar-refractivity contribution in [1.29, 1.82) is 0 Å². The highest BCUT2D eigenvalue weighted by Crippen LogP contribution is 2.28. The van der Waals surface area contributed by atoms with Gasteiger partial charge in [0, 0.05) is 17.1 Å². The molecule has 1 amide bonds. The van der Waals surface area contributed by atoms with E-state index in [1.54, 1.807) is 37.3 Å². The molecular formula is C30H31N3O7. The van der Waals surface area contributed by atoms with Gasteiger partial charge in [0.15, 0.2) is 23.4 Å². The molecule has 10 nitrogen and oxygen atoms in total. The zero-order chi connectivity index (χ0) is 28.6. The lowest BCUT2D eigenvalue weighted by Gasteiger charge is -2.15. The number of carbonyl (C=O) groups is 2. The fourth-order valence-corrected chi connectivity index (χ4v) is 3.99. The first-order valence-corrected chi connectivity index (χ1v) is 12.5. The minimum Gasteiger partial charge on any atom is -0.493 e. The van der Waals surface area contributed by atoms with Crippen LogP contribution < -0.4 is 19.6 Å². The number of ether oxygens (including phenoxy) is 4. The third-order valence-corrected chi connectivity index (χ3v) is 6.04. The molecule has 4 aromatic rings. The lowest BCUT2D eigenvalue weighted by molar-refractivity contribution is -0.147. The van der Waals surface area contributed by atoms with E-state index < -0.39 is 18.0 Å². The molecular weight excluding hydrogens is 514 g/mol. The first-order chi connectivity index (χ1) is 19.3. The Morgan fingerprint density at radius 2 is 1.70 bits per heavy atom. The standard InChI is InChI=1S/C30H31N3O7/c1-19-6-7-20(2)33(19)23-9-11-24(12-10-23)38-18-25-13-15-27(40-25)29(34)32-31-17-22-8-14-26(28(16-22)36-4)39-21(3)30(35)37-5/h6-17,21H,18H2,1-5H3,(H,32,34)/b31-17+/t21-/m0/s1. The smallest absolute Gasteiger partial charge is 0.346 e. The van der Waals surface area contributed by atoms with Gasteiger partial charge < -0.3 is 27.9 Å². The van der Waals surface area contributed by atoms with Gasteiger partial charge in [-0.25, -0.2) is 10.2 Å². The van der Waals surface area contributed by atoms with Gasteiger partial charge in [-0.3, -0.25) is 4.79 Å². The molecule has 0 saturated heterocycles. The fourth-order valence-electron chi connectivity index (χ4n) is 3.99. The van der Waals surface area contributed by atoms with E-state index in [2.05, 4.69) is 45.8 Å². The summed E-state index contributed by atoms with van der Waals surface area (Å²) in [6, 6.07) is 20.2. The molecule has 0 aliphatic rings. The Kier molecular flexibility index (Phi) is 8.90. The second-order valence-electron chi connectivity index (χ2n) is 8.89. The minimum atomic E-state index is -0.800. The van der Waals surface area contributed by atoms with E-state index in [-0.39, 0.29) is 12.4 Å².